The minimum absolute atomic E-state index is 0.0434. The monoisotopic (exact) mass is 543 g/mol. The molecule has 2 fully saturated rings. The molecule has 1 aliphatic carbocycles. The number of amides is 1. The number of hydrogen-bond donors (Lipinski definition) is 0. The van der Waals surface area contributed by atoms with E-state index in [-0.39, 0.29) is 30.2 Å². The van der Waals surface area contributed by atoms with E-state index in [4.69, 9.17) is 4.74 Å². The van der Waals surface area contributed by atoms with E-state index in [0.717, 1.165) is 31.2 Å². The van der Waals surface area contributed by atoms with Crippen molar-refractivity contribution in [1.82, 2.24) is 13.5 Å². The quantitative estimate of drug-likeness (QED) is 0.425. The predicted octanol–water partition coefficient (Wildman–Crippen LogP) is 2.68. The molecule has 3 rings (SSSR count). The summed E-state index contributed by atoms with van der Waals surface area (Å²) in [4.78, 5) is 15.5. The van der Waals surface area contributed by atoms with Crippen molar-refractivity contribution >= 4 is 26.0 Å². The molecule has 1 aromatic rings. The maximum absolute atomic E-state index is 13.7. The molecule has 0 N–H and O–H groups in total. The molecule has 1 aromatic carbocycles. The van der Waals surface area contributed by atoms with Crippen LogP contribution in [0.5, 0.6) is 5.75 Å². The number of hydrogen-bond acceptors (Lipinski definition) is 6. The molecule has 0 bridgehead atoms. The van der Waals surface area contributed by atoms with E-state index in [2.05, 4.69) is 0 Å². The summed E-state index contributed by atoms with van der Waals surface area (Å²) in [5.41, 5.74) is 0.909. The zero-order valence-corrected chi connectivity index (χ0v) is 23.4. The van der Waals surface area contributed by atoms with Crippen molar-refractivity contribution in [2.24, 2.45) is 5.92 Å². The Morgan fingerprint density at radius 1 is 1.00 bits per heavy atom. The van der Waals surface area contributed by atoms with Crippen LogP contribution in [-0.4, -0.2) is 87.6 Å². The lowest BCUT2D eigenvalue weighted by molar-refractivity contribution is -0.135. The summed E-state index contributed by atoms with van der Waals surface area (Å²) < 4.78 is 58.0. The average Bonchev–Trinajstić information content (AvgIpc) is 2.87. The summed E-state index contributed by atoms with van der Waals surface area (Å²) in [7, 11) is -5.25. The van der Waals surface area contributed by atoms with Crippen molar-refractivity contribution in [2.75, 3.05) is 45.3 Å². The summed E-state index contributed by atoms with van der Waals surface area (Å²) in [6.45, 7) is 2.82. The summed E-state index contributed by atoms with van der Waals surface area (Å²) in [6.07, 6.45) is 7.58. The highest BCUT2D eigenvalue weighted by Crippen LogP contribution is 2.26. The molecule has 0 radical (unpaired) electrons. The fourth-order valence-electron chi connectivity index (χ4n) is 5.19. The fraction of sp³-hybridized carbons (Fsp3) is 0.720. The van der Waals surface area contributed by atoms with Gasteiger partial charge in [-0.3, -0.25) is 4.79 Å². The summed E-state index contributed by atoms with van der Waals surface area (Å²) in [6, 6.07) is 7.29. The molecule has 0 aromatic heterocycles. The topological polar surface area (TPSA) is 104 Å². The highest BCUT2D eigenvalue weighted by Gasteiger charge is 2.34. The standard InChI is InChI=1S/C25H41N3O6S2/c1-4-36(32,33)27(18-21-8-6-5-7-9-21)20-25(29)28(19-22-10-12-24(34-2)13-11-22)23-14-16-26(17-15-23)35(3,30)31/h10-13,21,23H,4-9,14-20H2,1-3H3. The van der Waals surface area contributed by atoms with Gasteiger partial charge in [0.25, 0.3) is 0 Å². The average molecular weight is 544 g/mol. The molecule has 36 heavy (non-hydrogen) atoms. The number of nitrogens with zero attached hydrogens (tertiary/aromatic N) is 3. The van der Waals surface area contributed by atoms with Crippen molar-refractivity contribution in [3.8, 4) is 5.75 Å². The van der Waals surface area contributed by atoms with Gasteiger partial charge in [-0.2, -0.15) is 4.31 Å². The van der Waals surface area contributed by atoms with E-state index >= 15 is 0 Å². The number of methoxy groups -OCH3 is 1. The van der Waals surface area contributed by atoms with Crippen LogP contribution in [0.4, 0.5) is 0 Å². The lowest BCUT2D eigenvalue weighted by Crippen LogP contribution is -2.51. The van der Waals surface area contributed by atoms with Gasteiger partial charge >= 0.3 is 0 Å². The Morgan fingerprint density at radius 3 is 2.14 bits per heavy atom. The van der Waals surface area contributed by atoms with Gasteiger partial charge in [0.1, 0.15) is 5.75 Å². The number of piperidine rings is 1. The third kappa shape index (κ3) is 7.90. The number of benzene rings is 1. The van der Waals surface area contributed by atoms with Crippen LogP contribution in [0, 0.1) is 5.92 Å². The molecule has 204 valence electrons. The highest BCUT2D eigenvalue weighted by atomic mass is 32.2. The number of carbonyl (C=O) groups is 1. The number of rotatable bonds is 11. The van der Waals surface area contributed by atoms with Crippen LogP contribution in [0.1, 0.15) is 57.4 Å². The van der Waals surface area contributed by atoms with Gasteiger partial charge in [0.2, 0.25) is 26.0 Å². The van der Waals surface area contributed by atoms with E-state index in [0.29, 0.717) is 44.8 Å². The lowest BCUT2D eigenvalue weighted by atomic mass is 9.89. The molecule has 11 heteroatoms. The van der Waals surface area contributed by atoms with Crippen LogP contribution in [0.2, 0.25) is 0 Å². The molecular weight excluding hydrogens is 502 g/mol. The number of sulfonamides is 2. The zero-order chi connectivity index (χ0) is 26.3. The molecule has 0 atom stereocenters. The molecule has 0 unspecified atom stereocenters. The van der Waals surface area contributed by atoms with Crippen LogP contribution in [0.3, 0.4) is 0 Å². The molecule has 1 saturated heterocycles. The van der Waals surface area contributed by atoms with Crippen molar-refractivity contribution in [3.63, 3.8) is 0 Å². The van der Waals surface area contributed by atoms with Crippen molar-refractivity contribution < 1.29 is 26.4 Å². The van der Waals surface area contributed by atoms with Gasteiger partial charge in [0.05, 0.1) is 25.7 Å². The minimum Gasteiger partial charge on any atom is -0.497 e. The largest absolute Gasteiger partial charge is 0.497 e. The third-order valence-corrected chi connectivity index (χ3v) is 10.5. The SMILES string of the molecule is CCS(=O)(=O)N(CC(=O)N(Cc1ccc(OC)cc1)C1CCN(S(C)(=O)=O)CC1)CC1CCCCC1. The fourth-order valence-corrected chi connectivity index (χ4v) is 7.18. The Bertz CT molecular complexity index is 1060. The van der Waals surface area contributed by atoms with Crippen LogP contribution in [-0.2, 0) is 31.4 Å². The van der Waals surface area contributed by atoms with E-state index in [1.54, 1.807) is 18.9 Å². The first kappa shape index (κ1) is 28.9. The van der Waals surface area contributed by atoms with Crippen LogP contribution in [0.15, 0.2) is 24.3 Å². The second-order valence-electron chi connectivity index (χ2n) is 9.96. The predicted molar refractivity (Wildman–Crippen MR) is 141 cm³/mol. The lowest BCUT2D eigenvalue weighted by Gasteiger charge is -2.39. The van der Waals surface area contributed by atoms with Gasteiger partial charge < -0.3 is 9.64 Å². The van der Waals surface area contributed by atoms with Crippen molar-refractivity contribution in [2.45, 2.75) is 64.5 Å². The molecule has 2 aliphatic rings. The van der Waals surface area contributed by atoms with E-state index in [1.165, 1.54) is 21.3 Å². The van der Waals surface area contributed by atoms with E-state index < -0.39 is 20.0 Å². The first-order chi connectivity index (χ1) is 17.0. The minimum atomic E-state index is -3.55. The Hall–Kier alpha value is -1.69. The second kappa shape index (κ2) is 12.7. The van der Waals surface area contributed by atoms with Gasteiger partial charge in [-0.05, 0) is 56.2 Å². The van der Waals surface area contributed by atoms with Crippen LogP contribution in [0.25, 0.3) is 0 Å². The molecule has 1 amide bonds. The third-order valence-electron chi connectivity index (χ3n) is 7.42. The van der Waals surface area contributed by atoms with Gasteiger partial charge in [-0.25, -0.2) is 21.1 Å². The molecule has 1 aliphatic heterocycles. The number of ether oxygens (including phenoxy) is 1. The molecule has 0 spiro atoms. The van der Waals surface area contributed by atoms with E-state index in [9.17, 15) is 21.6 Å². The molecule has 9 nitrogen and oxygen atoms in total. The van der Waals surface area contributed by atoms with E-state index in [1.807, 2.05) is 24.3 Å². The molecule has 1 saturated carbocycles. The molecular formula is C25H41N3O6S2. The normalized spacial score (nSPS) is 18.9. The maximum Gasteiger partial charge on any atom is 0.238 e. The van der Waals surface area contributed by atoms with Gasteiger partial charge in [-0.15, -0.1) is 0 Å². The first-order valence-corrected chi connectivity index (χ1v) is 16.3. The van der Waals surface area contributed by atoms with Gasteiger partial charge in [-0.1, -0.05) is 31.4 Å². The Labute approximate surface area is 216 Å². The van der Waals surface area contributed by atoms with Gasteiger partial charge in [0, 0.05) is 32.2 Å². The summed E-state index contributed by atoms with van der Waals surface area (Å²) in [5.74, 6) is 0.709. The smallest absolute Gasteiger partial charge is 0.238 e. The van der Waals surface area contributed by atoms with Crippen molar-refractivity contribution in [3.05, 3.63) is 29.8 Å². The van der Waals surface area contributed by atoms with Crippen LogP contribution >= 0.6 is 0 Å². The molecule has 1 heterocycles. The Kier molecular flexibility index (Phi) is 10.2. The first-order valence-electron chi connectivity index (χ1n) is 12.9. The number of carbonyl (C=O) groups excluding carboxylic acids is 1. The van der Waals surface area contributed by atoms with Crippen molar-refractivity contribution in [1.29, 1.82) is 0 Å². The van der Waals surface area contributed by atoms with Gasteiger partial charge in [0.15, 0.2) is 0 Å². The summed E-state index contributed by atoms with van der Waals surface area (Å²) in [5, 5.41) is 0. The maximum atomic E-state index is 13.7. The second-order valence-corrected chi connectivity index (χ2v) is 14.2. The highest BCUT2D eigenvalue weighted by molar-refractivity contribution is 7.89. The van der Waals surface area contributed by atoms with Crippen LogP contribution < -0.4 is 4.74 Å². The Morgan fingerprint density at radius 2 is 1.61 bits per heavy atom. The Balaban J connectivity index is 1.80. The zero-order valence-electron chi connectivity index (χ0n) is 21.8. The summed E-state index contributed by atoms with van der Waals surface area (Å²) >= 11 is 0.